The van der Waals surface area contributed by atoms with E-state index >= 15 is 0 Å². The van der Waals surface area contributed by atoms with E-state index in [1.54, 1.807) is 43.2 Å². The molecule has 2 N–H and O–H groups in total. The minimum Gasteiger partial charge on any atom is -0.497 e. The van der Waals surface area contributed by atoms with Gasteiger partial charge in [0.05, 0.1) is 7.11 Å². The van der Waals surface area contributed by atoms with Gasteiger partial charge in [0.15, 0.2) is 0 Å². The van der Waals surface area contributed by atoms with Crippen LogP contribution in [0, 0.1) is 0 Å². The quantitative estimate of drug-likeness (QED) is 0.834. The Bertz CT molecular complexity index is 787. The highest BCUT2D eigenvalue weighted by molar-refractivity contribution is 5.96. The molecule has 7 nitrogen and oxygen atoms in total. The largest absolute Gasteiger partial charge is 0.497 e. The molecule has 28 heavy (non-hydrogen) atoms. The van der Waals surface area contributed by atoms with Gasteiger partial charge in [0.2, 0.25) is 5.91 Å². The first kappa shape index (κ1) is 19.5. The van der Waals surface area contributed by atoms with Crippen LogP contribution >= 0.6 is 0 Å². The van der Waals surface area contributed by atoms with Gasteiger partial charge in [0.25, 0.3) is 0 Å². The van der Waals surface area contributed by atoms with Crippen molar-refractivity contribution < 1.29 is 14.3 Å². The Hall–Kier alpha value is -3.22. The number of ether oxygens (including phenoxy) is 1. The number of carbonyl (C=O) groups excluding carboxylic acids is 2. The number of amides is 3. The van der Waals surface area contributed by atoms with Crippen molar-refractivity contribution in [2.24, 2.45) is 0 Å². The summed E-state index contributed by atoms with van der Waals surface area (Å²) in [6.45, 7) is 4.45. The van der Waals surface area contributed by atoms with E-state index in [0.29, 0.717) is 24.5 Å². The second kappa shape index (κ2) is 9.12. The summed E-state index contributed by atoms with van der Waals surface area (Å²) in [5.74, 6) is 0.454. The van der Waals surface area contributed by atoms with Gasteiger partial charge in [-0.3, -0.25) is 4.79 Å². The Kier molecular flexibility index (Phi) is 6.37. The fraction of sp³-hybridized carbons (Fsp3) is 0.333. The van der Waals surface area contributed by atoms with E-state index in [9.17, 15) is 9.59 Å². The van der Waals surface area contributed by atoms with E-state index < -0.39 is 6.04 Å². The number of para-hydroxylation sites is 1. The molecule has 0 aliphatic carbocycles. The monoisotopic (exact) mass is 382 g/mol. The average molecular weight is 382 g/mol. The number of hydrogen-bond donors (Lipinski definition) is 2. The maximum absolute atomic E-state index is 12.5. The summed E-state index contributed by atoms with van der Waals surface area (Å²) in [6.07, 6.45) is 0. The zero-order valence-corrected chi connectivity index (χ0v) is 16.2. The number of benzene rings is 2. The molecule has 1 aliphatic rings. The highest BCUT2D eigenvalue weighted by Gasteiger charge is 2.24. The lowest BCUT2D eigenvalue weighted by Crippen LogP contribution is -2.54. The van der Waals surface area contributed by atoms with Crippen LogP contribution in [0.2, 0.25) is 0 Å². The van der Waals surface area contributed by atoms with Gasteiger partial charge in [-0.1, -0.05) is 18.2 Å². The van der Waals surface area contributed by atoms with Crippen molar-refractivity contribution in [1.82, 2.24) is 10.2 Å². The minimum absolute atomic E-state index is 0.218. The van der Waals surface area contributed by atoms with Gasteiger partial charge in [-0.05, 0) is 43.3 Å². The lowest BCUT2D eigenvalue weighted by Gasteiger charge is -2.36. The predicted octanol–water partition coefficient (Wildman–Crippen LogP) is 2.55. The smallest absolute Gasteiger partial charge is 0.318 e. The first-order valence-electron chi connectivity index (χ1n) is 9.37. The van der Waals surface area contributed by atoms with Crippen LogP contribution in [0.3, 0.4) is 0 Å². The fourth-order valence-electron chi connectivity index (χ4n) is 3.07. The number of carbonyl (C=O) groups is 2. The lowest BCUT2D eigenvalue weighted by molar-refractivity contribution is -0.117. The van der Waals surface area contributed by atoms with E-state index in [2.05, 4.69) is 27.7 Å². The van der Waals surface area contributed by atoms with Crippen molar-refractivity contribution in [3.05, 3.63) is 54.6 Å². The van der Waals surface area contributed by atoms with Gasteiger partial charge in [-0.15, -0.1) is 0 Å². The van der Waals surface area contributed by atoms with Crippen LogP contribution in [0.4, 0.5) is 16.2 Å². The summed E-state index contributed by atoms with van der Waals surface area (Å²) < 4.78 is 5.10. The van der Waals surface area contributed by atoms with Crippen molar-refractivity contribution >= 4 is 23.3 Å². The molecule has 3 amide bonds. The molecule has 0 radical (unpaired) electrons. The number of hydrogen-bond acceptors (Lipinski definition) is 4. The van der Waals surface area contributed by atoms with Crippen LogP contribution in [-0.2, 0) is 4.79 Å². The highest BCUT2D eigenvalue weighted by atomic mass is 16.5. The van der Waals surface area contributed by atoms with E-state index in [1.165, 1.54) is 0 Å². The van der Waals surface area contributed by atoms with E-state index in [4.69, 9.17) is 4.74 Å². The molecule has 1 heterocycles. The van der Waals surface area contributed by atoms with Crippen LogP contribution in [0.1, 0.15) is 6.92 Å². The van der Waals surface area contributed by atoms with Crippen molar-refractivity contribution in [3.63, 3.8) is 0 Å². The third-order valence-electron chi connectivity index (χ3n) is 4.78. The molecular formula is C21H26N4O3. The predicted molar refractivity (Wildman–Crippen MR) is 110 cm³/mol. The van der Waals surface area contributed by atoms with Crippen molar-refractivity contribution in [2.75, 3.05) is 43.5 Å². The third kappa shape index (κ3) is 4.94. The summed E-state index contributed by atoms with van der Waals surface area (Å²) >= 11 is 0. The van der Waals surface area contributed by atoms with Crippen molar-refractivity contribution in [3.8, 4) is 5.75 Å². The molecule has 148 valence electrons. The third-order valence-corrected chi connectivity index (χ3v) is 4.78. The van der Waals surface area contributed by atoms with Gasteiger partial charge >= 0.3 is 6.03 Å². The molecule has 1 atom stereocenters. The molecule has 2 aromatic rings. The van der Waals surface area contributed by atoms with Gasteiger partial charge in [0.1, 0.15) is 11.8 Å². The number of urea groups is 1. The lowest BCUT2D eigenvalue weighted by atomic mass is 10.2. The molecule has 0 bridgehead atoms. The number of nitrogens with one attached hydrogen (secondary N) is 2. The minimum atomic E-state index is -0.637. The molecule has 3 rings (SSSR count). The Labute approximate surface area is 165 Å². The molecule has 0 aromatic heterocycles. The Morgan fingerprint density at radius 1 is 0.964 bits per heavy atom. The maximum atomic E-state index is 12.5. The number of rotatable bonds is 5. The van der Waals surface area contributed by atoms with Crippen molar-refractivity contribution in [1.29, 1.82) is 0 Å². The van der Waals surface area contributed by atoms with E-state index in [0.717, 1.165) is 18.8 Å². The molecule has 1 unspecified atom stereocenters. The van der Waals surface area contributed by atoms with Crippen LogP contribution in [0.15, 0.2) is 54.6 Å². The SMILES string of the molecule is COc1ccc(NC(=O)C(C)NC(=O)N2CCN(c3ccccc3)CC2)cc1. The first-order chi connectivity index (χ1) is 13.6. The van der Waals surface area contributed by atoms with Gasteiger partial charge in [-0.25, -0.2) is 4.79 Å². The molecule has 0 saturated carbocycles. The molecule has 1 aliphatic heterocycles. The highest BCUT2D eigenvalue weighted by Crippen LogP contribution is 2.16. The average Bonchev–Trinajstić information content (AvgIpc) is 2.75. The second-order valence-electron chi connectivity index (χ2n) is 6.70. The molecule has 1 fully saturated rings. The topological polar surface area (TPSA) is 73.9 Å². The molecule has 7 heteroatoms. The summed E-state index contributed by atoms with van der Waals surface area (Å²) in [5.41, 5.74) is 1.82. The first-order valence-corrected chi connectivity index (χ1v) is 9.37. The van der Waals surface area contributed by atoms with Crippen LogP contribution in [0.5, 0.6) is 5.75 Å². The summed E-state index contributed by atoms with van der Waals surface area (Å²) in [7, 11) is 1.59. The van der Waals surface area contributed by atoms with Crippen LogP contribution < -0.4 is 20.3 Å². The van der Waals surface area contributed by atoms with Gasteiger partial charge in [0, 0.05) is 37.6 Å². The van der Waals surface area contributed by atoms with Gasteiger partial charge in [-0.2, -0.15) is 0 Å². The van der Waals surface area contributed by atoms with Crippen LogP contribution in [-0.4, -0.2) is 56.2 Å². The van der Waals surface area contributed by atoms with Crippen molar-refractivity contribution in [2.45, 2.75) is 13.0 Å². The standard InChI is InChI=1S/C21H26N4O3/c1-16(20(26)23-17-8-10-19(28-2)11-9-17)22-21(27)25-14-12-24(13-15-25)18-6-4-3-5-7-18/h3-11,16H,12-15H2,1-2H3,(H,22,27)(H,23,26). The molecular weight excluding hydrogens is 356 g/mol. The summed E-state index contributed by atoms with van der Waals surface area (Å²) in [5, 5.41) is 5.57. The maximum Gasteiger partial charge on any atom is 0.318 e. The Morgan fingerprint density at radius 3 is 2.21 bits per heavy atom. The molecule has 1 saturated heterocycles. The number of piperazine rings is 1. The summed E-state index contributed by atoms with van der Waals surface area (Å²) in [6, 6.07) is 16.4. The molecule has 2 aromatic carbocycles. The van der Waals surface area contributed by atoms with Gasteiger partial charge < -0.3 is 25.2 Å². The fourth-order valence-corrected chi connectivity index (χ4v) is 3.07. The number of anilines is 2. The second-order valence-corrected chi connectivity index (χ2v) is 6.70. The van der Waals surface area contributed by atoms with Crippen LogP contribution in [0.25, 0.3) is 0 Å². The molecule has 0 spiro atoms. The van der Waals surface area contributed by atoms with E-state index in [1.807, 2.05) is 18.2 Å². The Balaban J connectivity index is 1.46. The number of methoxy groups -OCH3 is 1. The number of nitrogens with zero attached hydrogens (tertiary/aromatic N) is 2. The normalized spacial score (nSPS) is 14.9. The zero-order valence-electron chi connectivity index (χ0n) is 16.2. The Morgan fingerprint density at radius 2 is 1.61 bits per heavy atom. The summed E-state index contributed by atoms with van der Waals surface area (Å²) in [4.78, 5) is 28.8. The zero-order chi connectivity index (χ0) is 19.9. The van der Waals surface area contributed by atoms with E-state index in [-0.39, 0.29) is 11.9 Å².